The van der Waals surface area contributed by atoms with Crippen LogP contribution in [0.5, 0.6) is 0 Å². The van der Waals surface area contributed by atoms with Gasteiger partial charge < -0.3 is 4.74 Å². The number of rotatable bonds is 7. The van der Waals surface area contributed by atoms with Gasteiger partial charge in [0.05, 0.1) is 6.61 Å². The molecule has 0 atom stereocenters. The van der Waals surface area contributed by atoms with E-state index in [1.165, 1.54) is 0 Å². The Morgan fingerprint density at radius 3 is 2.53 bits per heavy atom. The average Bonchev–Trinajstić information content (AvgIpc) is 2.39. The maximum Gasteiger partial charge on any atom is 0.357 e. The third kappa shape index (κ3) is 5.69. The lowest BCUT2D eigenvalue weighted by Gasteiger charge is -2.07. The molecular weight excluding hydrogens is 238 g/mol. The van der Waals surface area contributed by atoms with Crippen LogP contribution >= 0.6 is 0 Å². The highest BCUT2D eigenvalue weighted by atomic mass is 16.5. The standard InChI is InChI=1S/C16H23NO2/c1-4-19-16(18)15(14-10-6-5-7-11-14)17-12-8-9-13(2)3/h5-7,10-11,13H,4,8-9,12H2,1-3H3/b17-15-. The van der Waals surface area contributed by atoms with E-state index >= 15 is 0 Å². The molecule has 1 aromatic rings. The minimum Gasteiger partial charge on any atom is -0.461 e. The van der Waals surface area contributed by atoms with Gasteiger partial charge in [0.25, 0.3) is 0 Å². The van der Waals surface area contributed by atoms with Crippen molar-refractivity contribution in [2.24, 2.45) is 10.9 Å². The van der Waals surface area contributed by atoms with Crippen LogP contribution in [-0.4, -0.2) is 24.8 Å². The van der Waals surface area contributed by atoms with Crippen LogP contribution in [0.15, 0.2) is 35.3 Å². The lowest BCUT2D eigenvalue weighted by molar-refractivity contribution is -0.134. The Morgan fingerprint density at radius 1 is 1.26 bits per heavy atom. The second kappa shape index (κ2) is 8.46. The van der Waals surface area contributed by atoms with Gasteiger partial charge >= 0.3 is 5.97 Å². The van der Waals surface area contributed by atoms with E-state index < -0.39 is 0 Å². The normalized spacial score (nSPS) is 11.7. The van der Waals surface area contributed by atoms with Gasteiger partial charge in [0, 0.05) is 12.1 Å². The van der Waals surface area contributed by atoms with Gasteiger partial charge in [-0.05, 0) is 25.7 Å². The molecule has 0 spiro atoms. The maximum atomic E-state index is 11.9. The van der Waals surface area contributed by atoms with Crippen molar-refractivity contribution in [1.29, 1.82) is 0 Å². The average molecular weight is 261 g/mol. The van der Waals surface area contributed by atoms with Crippen molar-refractivity contribution in [2.75, 3.05) is 13.2 Å². The van der Waals surface area contributed by atoms with Gasteiger partial charge in [0.2, 0.25) is 0 Å². The van der Waals surface area contributed by atoms with Gasteiger partial charge in [-0.15, -0.1) is 0 Å². The van der Waals surface area contributed by atoms with Crippen molar-refractivity contribution < 1.29 is 9.53 Å². The molecule has 0 aromatic heterocycles. The quantitative estimate of drug-likeness (QED) is 0.428. The summed E-state index contributed by atoms with van der Waals surface area (Å²) in [5.41, 5.74) is 1.26. The number of benzene rings is 1. The molecule has 0 aliphatic carbocycles. The van der Waals surface area contributed by atoms with Crippen LogP contribution in [0.25, 0.3) is 0 Å². The van der Waals surface area contributed by atoms with Gasteiger partial charge in [-0.2, -0.15) is 0 Å². The fraction of sp³-hybridized carbons (Fsp3) is 0.500. The van der Waals surface area contributed by atoms with Crippen LogP contribution in [0, 0.1) is 5.92 Å². The molecule has 0 saturated carbocycles. The van der Waals surface area contributed by atoms with E-state index in [4.69, 9.17) is 4.74 Å². The minimum atomic E-state index is -0.335. The Balaban J connectivity index is 2.75. The lowest BCUT2D eigenvalue weighted by Crippen LogP contribution is -2.19. The van der Waals surface area contributed by atoms with Gasteiger partial charge in [0.1, 0.15) is 5.71 Å². The molecule has 0 N–H and O–H groups in total. The fourth-order valence-electron chi connectivity index (χ4n) is 1.76. The molecule has 0 fully saturated rings. The Hall–Kier alpha value is -1.64. The van der Waals surface area contributed by atoms with E-state index in [9.17, 15) is 4.79 Å². The molecule has 0 heterocycles. The first kappa shape index (κ1) is 15.4. The number of ether oxygens (including phenoxy) is 1. The van der Waals surface area contributed by atoms with Crippen molar-refractivity contribution in [1.82, 2.24) is 0 Å². The number of carbonyl (C=O) groups is 1. The first-order valence-electron chi connectivity index (χ1n) is 6.92. The topological polar surface area (TPSA) is 38.7 Å². The molecule has 0 unspecified atom stereocenters. The van der Waals surface area contributed by atoms with Crippen molar-refractivity contribution in [3.8, 4) is 0 Å². The molecule has 1 rings (SSSR count). The summed E-state index contributed by atoms with van der Waals surface area (Å²) in [4.78, 5) is 16.3. The summed E-state index contributed by atoms with van der Waals surface area (Å²) in [6.45, 7) is 7.22. The van der Waals surface area contributed by atoms with Gasteiger partial charge in [-0.3, -0.25) is 4.99 Å². The van der Waals surface area contributed by atoms with E-state index in [0.29, 0.717) is 24.8 Å². The predicted octanol–water partition coefficient (Wildman–Crippen LogP) is 3.48. The third-order valence-electron chi connectivity index (χ3n) is 2.73. The summed E-state index contributed by atoms with van der Waals surface area (Å²) in [6, 6.07) is 9.50. The SMILES string of the molecule is CCOC(=O)/C(=N\CCCC(C)C)c1ccccc1. The monoisotopic (exact) mass is 261 g/mol. The molecule has 0 saturated heterocycles. The first-order chi connectivity index (χ1) is 9.15. The Bertz CT molecular complexity index is 410. The van der Waals surface area contributed by atoms with E-state index in [2.05, 4.69) is 18.8 Å². The third-order valence-corrected chi connectivity index (χ3v) is 2.73. The van der Waals surface area contributed by atoms with Crippen molar-refractivity contribution in [3.05, 3.63) is 35.9 Å². The van der Waals surface area contributed by atoms with E-state index in [0.717, 1.165) is 18.4 Å². The molecule has 0 radical (unpaired) electrons. The highest BCUT2D eigenvalue weighted by Gasteiger charge is 2.14. The molecule has 0 bridgehead atoms. The van der Waals surface area contributed by atoms with Crippen LogP contribution < -0.4 is 0 Å². The Kier molecular flexibility index (Phi) is 6.86. The zero-order chi connectivity index (χ0) is 14.1. The Morgan fingerprint density at radius 2 is 1.95 bits per heavy atom. The van der Waals surface area contributed by atoms with Crippen molar-refractivity contribution in [3.63, 3.8) is 0 Å². The molecule has 0 amide bonds. The van der Waals surface area contributed by atoms with Gasteiger partial charge in [-0.25, -0.2) is 4.79 Å². The second-order valence-electron chi connectivity index (χ2n) is 4.85. The molecule has 0 aliphatic heterocycles. The van der Waals surface area contributed by atoms with E-state index in [-0.39, 0.29) is 5.97 Å². The Labute approximate surface area is 115 Å². The van der Waals surface area contributed by atoms with Crippen LogP contribution in [0.3, 0.4) is 0 Å². The van der Waals surface area contributed by atoms with Crippen molar-refractivity contribution >= 4 is 11.7 Å². The second-order valence-corrected chi connectivity index (χ2v) is 4.85. The summed E-state index contributed by atoms with van der Waals surface area (Å²) in [5, 5.41) is 0. The van der Waals surface area contributed by atoms with Gasteiger partial charge in [0.15, 0.2) is 0 Å². The molecule has 19 heavy (non-hydrogen) atoms. The zero-order valence-corrected chi connectivity index (χ0v) is 12.1. The molecule has 0 aliphatic rings. The van der Waals surface area contributed by atoms with Crippen LogP contribution in [0.1, 0.15) is 39.2 Å². The summed E-state index contributed by atoms with van der Waals surface area (Å²) in [6.07, 6.45) is 2.11. The fourth-order valence-corrected chi connectivity index (χ4v) is 1.76. The molecule has 3 heteroatoms. The van der Waals surface area contributed by atoms with Crippen LogP contribution in [0.4, 0.5) is 0 Å². The van der Waals surface area contributed by atoms with E-state index in [1.54, 1.807) is 6.92 Å². The number of hydrogen-bond donors (Lipinski definition) is 0. The summed E-state index contributed by atoms with van der Waals surface area (Å²) < 4.78 is 5.07. The lowest BCUT2D eigenvalue weighted by atomic mass is 10.1. The van der Waals surface area contributed by atoms with Crippen LogP contribution in [0.2, 0.25) is 0 Å². The number of nitrogens with zero attached hydrogens (tertiary/aromatic N) is 1. The molecular formula is C16H23NO2. The smallest absolute Gasteiger partial charge is 0.357 e. The number of hydrogen-bond acceptors (Lipinski definition) is 3. The largest absolute Gasteiger partial charge is 0.461 e. The number of aliphatic imine (C=N–C) groups is 1. The van der Waals surface area contributed by atoms with Gasteiger partial charge in [-0.1, -0.05) is 44.2 Å². The van der Waals surface area contributed by atoms with Crippen molar-refractivity contribution in [2.45, 2.75) is 33.6 Å². The maximum absolute atomic E-state index is 11.9. The van der Waals surface area contributed by atoms with E-state index in [1.807, 2.05) is 30.3 Å². The summed E-state index contributed by atoms with van der Waals surface area (Å²) >= 11 is 0. The highest BCUT2D eigenvalue weighted by Crippen LogP contribution is 2.07. The summed E-state index contributed by atoms with van der Waals surface area (Å²) in [7, 11) is 0. The van der Waals surface area contributed by atoms with Crippen LogP contribution in [-0.2, 0) is 9.53 Å². The molecule has 104 valence electrons. The number of esters is 1. The molecule has 3 nitrogen and oxygen atoms in total. The first-order valence-corrected chi connectivity index (χ1v) is 6.92. The predicted molar refractivity (Wildman–Crippen MR) is 78.6 cm³/mol. The highest BCUT2D eigenvalue weighted by molar-refractivity contribution is 6.43. The number of carbonyl (C=O) groups excluding carboxylic acids is 1. The minimum absolute atomic E-state index is 0.335. The zero-order valence-electron chi connectivity index (χ0n) is 12.1. The molecule has 1 aromatic carbocycles. The summed E-state index contributed by atoms with van der Waals surface area (Å²) in [5.74, 6) is 0.330.